The van der Waals surface area contributed by atoms with E-state index in [0.717, 1.165) is 15.7 Å². The van der Waals surface area contributed by atoms with Crippen LogP contribution in [-0.4, -0.2) is 36.5 Å². The third-order valence-electron chi connectivity index (χ3n) is 1.93. The zero-order valence-corrected chi connectivity index (χ0v) is 11.1. The van der Waals surface area contributed by atoms with Crippen molar-refractivity contribution in [1.82, 2.24) is 19.5 Å². The summed E-state index contributed by atoms with van der Waals surface area (Å²) in [5, 5.41) is 0. The number of methoxy groups -OCH3 is 1. The van der Waals surface area contributed by atoms with Gasteiger partial charge in [-0.05, 0) is 0 Å². The molecule has 15 heavy (non-hydrogen) atoms. The number of imidazole rings is 1. The van der Waals surface area contributed by atoms with E-state index in [1.54, 1.807) is 7.11 Å². The van der Waals surface area contributed by atoms with Crippen molar-refractivity contribution in [3.05, 3.63) is 12.7 Å². The molecule has 0 radical (unpaired) electrons. The van der Waals surface area contributed by atoms with Gasteiger partial charge in [-0.15, -0.1) is 0 Å². The Balaban J connectivity index is 2.51. The zero-order chi connectivity index (χ0) is 10.8. The minimum absolute atomic E-state index is 0.548. The van der Waals surface area contributed by atoms with Crippen molar-refractivity contribution in [3.8, 4) is 5.88 Å². The van der Waals surface area contributed by atoms with Crippen LogP contribution in [0.2, 0.25) is 0 Å². The van der Waals surface area contributed by atoms with Crippen LogP contribution in [0.4, 0.5) is 0 Å². The molecule has 0 spiro atoms. The summed E-state index contributed by atoms with van der Waals surface area (Å²) in [6.45, 7) is 0. The van der Waals surface area contributed by atoms with Gasteiger partial charge >= 0.3 is 95.3 Å². The molecule has 0 amide bonds. The Kier molecular flexibility index (Phi) is 3.03. The van der Waals surface area contributed by atoms with Crippen molar-refractivity contribution in [1.29, 1.82) is 0 Å². The molecule has 0 aliphatic rings. The first-order valence-electron chi connectivity index (χ1n) is 4.38. The van der Waals surface area contributed by atoms with Gasteiger partial charge in [-0.3, -0.25) is 0 Å². The van der Waals surface area contributed by atoms with Crippen LogP contribution >= 0.6 is 19.8 Å². The number of ether oxygens (including phenoxy) is 1. The minimum atomic E-state index is -0.831. The number of aromatic nitrogens is 4. The predicted octanol–water partition coefficient (Wildman–Crippen LogP) is 1.56. The monoisotopic (exact) mass is 320 g/mol. The summed E-state index contributed by atoms with van der Waals surface area (Å²) in [5.74, 6) is 0.548. The second-order valence-electron chi connectivity index (χ2n) is 3.30. The fourth-order valence-corrected chi connectivity index (χ4v) is 3.32. The number of halogens is 1. The molecule has 0 aliphatic carbocycles. The van der Waals surface area contributed by atoms with E-state index in [1.807, 2.05) is 6.33 Å². The SMILES string of the molecule is COc1ncnc2c1ncn2CI(C)C. The first kappa shape index (κ1) is 10.6. The van der Waals surface area contributed by atoms with E-state index in [-0.39, 0.29) is 0 Å². The molecular weight excluding hydrogens is 307 g/mol. The number of nitrogens with zero attached hydrogens (tertiary/aromatic N) is 4. The molecule has 0 fully saturated rings. The van der Waals surface area contributed by atoms with Crippen LogP contribution in [0.5, 0.6) is 5.88 Å². The molecule has 2 aromatic rings. The van der Waals surface area contributed by atoms with E-state index in [2.05, 4.69) is 29.4 Å². The fourth-order valence-electron chi connectivity index (χ4n) is 1.35. The van der Waals surface area contributed by atoms with Gasteiger partial charge in [0.15, 0.2) is 0 Å². The average Bonchev–Trinajstić information content (AvgIpc) is 2.61. The zero-order valence-electron chi connectivity index (χ0n) is 8.94. The second-order valence-corrected chi connectivity index (χ2v) is 9.19. The summed E-state index contributed by atoms with van der Waals surface area (Å²) >= 11 is -0.831. The molecule has 5 nitrogen and oxygen atoms in total. The third-order valence-corrected chi connectivity index (χ3v) is 4.03. The van der Waals surface area contributed by atoms with Gasteiger partial charge in [0.05, 0.1) is 0 Å². The maximum absolute atomic E-state index is 5.13. The van der Waals surface area contributed by atoms with Crippen LogP contribution in [0.1, 0.15) is 0 Å². The van der Waals surface area contributed by atoms with Crippen molar-refractivity contribution in [3.63, 3.8) is 0 Å². The second kappa shape index (κ2) is 4.30. The van der Waals surface area contributed by atoms with Gasteiger partial charge < -0.3 is 0 Å². The Labute approximate surface area is 95.3 Å². The Morgan fingerprint density at radius 2 is 2.13 bits per heavy atom. The topological polar surface area (TPSA) is 52.8 Å². The van der Waals surface area contributed by atoms with E-state index in [0.29, 0.717) is 5.88 Å². The Morgan fingerprint density at radius 3 is 2.80 bits per heavy atom. The van der Waals surface area contributed by atoms with Crippen LogP contribution in [-0.2, 0) is 4.55 Å². The van der Waals surface area contributed by atoms with Crippen molar-refractivity contribution < 1.29 is 4.74 Å². The standard InChI is InChI=1S/C9H13IN4O/c1-10(2)4-14-6-13-7-8(14)11-5-12-9(7)15-3/h5-6H,4H2,1-3H3. The maximum atomic E-state index is 5.13. The molecule has 82 valence electrons. The van der Waals surface area contributed by atoms with E-state index in [9.17, 15) is 0 Å². The van der Waals surface area contributed by atoms with Gasteiger partial charge in [0.25, 0.3) is 0 Å². The summed E-state index contributed by atoms with van der Waals surface area (Å²) in [7, 11) is 1.60. The normalized spacial score (nSPS) is 11.8. The quantitative estimate of drug-likeness (QED) is 0.636. The molecule has 2 heterocycles. The molecule has 0 atom stereocenters. The third kappa shape index (κ3) is 2.04. The molecule has 6 heteroatoms. The van der Waals surface area contributed by atoms with Crippen molar-refractivity contribution >= 4 is 31.0 Å². The van der Waals surface area contributed by atoms with Crippen molar-refractivity contribution in [2.75, 3.05) is 17.0 Å². The summed E-state index contributed by atoms with van der Waals surface area (Å²) in [6.07, 6.45) is 3.34. The van der Waals surface area contributed by atoms with Crippen LogP contribution in [0.3, 0.4) is 0 Å². The molecule has 2 rings (SSSR count). The average molecular weight is 320 g/mol. The van der Waals surface area contributed by atoms with Crippen LogP contribution in [0.15, 0.2) is 12.7 Å². The Morgan fingerprint density at radius 1 is 1.33 bits per heavy atom. The molecule has 0 aromatic carbocycles. The van der Waals surface area contributed by atoms with Gasteiger partial charge in [-0.25, -0.2) is 0 Å². The fraction of sp³-hybridized carbons (Fsp3) is 0.444. The Bertz CT molecular complexity index is 468. The van der Waals surface area contributed by atoms with Gasteiger partial charge in [-0.1, -0.05) is 0 Å². The van der Waals surface area contributed by atoms with E-state index >= 15 is 0 Å². The van der Waals surface area contributed by atoms with E-state index in [4.69, 9.17) is 4.74 Å². The molecule has 0 saturated carbocycles. The van der Waals surface area contributed by atoms with Gasteiger partial charge in [0.1, 0.15) is 0 Å². The molecule has 0 N–H and O–H groups in total. The molecule has 0 aliphatic heterocycles. The summed E-state index contributed by atoms with van der Waals surface area (Å²) in [6, 6.07) is 0. The first-order valence-corrected chi connectivity index (χ1v) is 10.2. The van der Waals surface area contributed by atoms with Gasteiger partial charge in [-0.2, -0.15) is 0 Å². The van der Waals surface area contributed by atoms with Crippen molar-refractivity contribution in [2.45, 2.75) is 4.55 Å². The number of rotatable bonds is 3. The van der Waals surface area contributed by atoms with E-state index in [1.165, 1.54) is 6.33 Å². The number of fused-ring (bicyclic) bond motifs is 1. The van der Waals surface area contributed by atoms with Crippen LogP contribution in [0, 0.1) is 0 Å². The molecule has 0 bridgehead atoms. The number of hydrogen-bond donors (Lipinski definition) is 0. The molecule has 0 saturated heterocycles. The summed E-state index contributed by atoms with van der Waals surface area (Å²) in [4.78, 5) is 17.2. The number of hydrogen-bond acceptors (Lipinski definition) is 4. The summed E-state index contributed by atoms with van der Waals surface area (Å²) < 4.78 is 8.28. The molecule has 2 aromatic heterocycles. The summed E-state index contributed by atoms with van der Waals surface area (Å²) in [5.41, 5.74) is 1.62. The van der Waals surface area contributed by atoms with Crippen LogP contribution < -0.4 is 4.74 Å². The number of alkyl halides is 3. The first-order chi connectivity index (χ1) is 7.22. The van der Waals surface area contributed by atoms with E-state index < -0.39 is 19.8 Å². The van der Waals surface area contributed by atoms with Gasteiger partial charge in [0, 0.05) is 0 Å². The molecular formula is C9H13IN4O. The van der Waals surface area contributed by atoms with Crippen LogP contribution in [0.25, 0.3) is 11.2 Å². The predicted molar refractivity (Wildman–Crippen MR) is 67.7 cm³/mol. The Hall–Kier alpha value is -0.920. The van der Waals surface area contributed by atoms with Crippen molar-refractivity contribution in [2.24, 2.45) is 0 Å². The molecule has 0 unspecified atom stereocenters. The van der Waals surface area contributed by atoms with Gasteiger partial charge in [0.2, 0.25) is 0 Å².